The number of alkyl halides is 2. The summed E-state index contributed by atoms with van der Waals surface area (Å²) >= 11 is 5.85. The molecule has 1 fully saturated rings. The van der Waals surface area contributed by atoms with Crippen molar-refractivity contribution in [2.24, 2.45) is 0 Å². The average molecular weight is 550 g/mol. The minimum atomic E-state index is -4.35. The van der Waals surface area contributed by atoms with Crippen LogP contribution in [-0.2, 0) is 23.4 Å². The second-order valence-corrected chi connectivity index (χ2v) is 10.5. The molecule has 1 aliphatic heterocycles. The number of aliphatic hydroxyl groups is 1. The van der Waals surface area contributed by atoms with Crippen LogP contribution in [0.2, 0.25) is 0 Å². The van der Waals surface area contributed by atoms with Crippen molar-refractivity contribution in [2.75, 3.05) is 6.61 Å². The predicted molar refractivity (Wildman–Crippen MR) is 125 cm³/mol. The minimum Gasteiger partial charge on any atom is -0.462 e. The van der Waals surface area contributed by atoms with E-state index in [9.17, 15) is 24.1 Å². The van der Waals surface area contributed by atoms with E-state index in [-0.39, 0.29) is 5.75 Å². The molecule has 1 aliphatic rings. The van der Waals surface area contributed by atoms with Gasteiger partial charge in [-0.1, -0.05) is 29.8 Å². The van der Waals surface area contributed by atoms with Crippen molar-refractivity contribution in [3.05, 3.63) is 63.4 Å². The van der Waals surface area contributed by atoms with E-state index in [1.807, 2.05) is 4.98 Å². The van der Waals surface area contributed by atoms with Crippen LogP contribution < -0.4 is 20.9 Å². The molecule has 0 bridgehead atoms. The number of hydrogen-bond acceptors (Lipinski definition) is 9. The van der Waals surface area contributed by atoms with Gasteiger partial charge in [-0.05, 0) is 32.9 Å². The number of hydrogen-bond donors (Lipinski definition) is 3. The molecule has 6 atom stereocenters. The zero-order valence-electron chi connectivity index (χ0n) is 19.5. The van der Waals surface area contributed by atoms with Gasteiger partial charge in [-0.2, -0.15) is 5.09 Å². The molecule has 15 heteroatoms. The standard InChI is InChI=1S/C21H26ClFN3O9P/c1-12(2)33-18(29)13(3)25-36(31,35-14-7-5-4-6-8-14)32-11-15-17(28)21(22,23)19(34-15)26-10-9-16(27)24-20(26)30/h4-10,12-13,15,17,19,28H,11H2,1-3H3,(H,25,31)(H,24,27,30)/t13-,15+,17-,19+,21?,36?/m0/s1. The Hall–Kier alpha value is -2.54. The number of aromatic amines is 1. The van der Waals surface area contributed by atoms with Crippen LogP contribution in [0.3, 0.4) is 0 Å². The van der Waals surface area contributed by atoms with Crippen LogP contribution in [0.5, 0.6) is 5.75 Å². The minimum absolute atomic E-state index is 0.125. The molecule has 198 valence electrons. The Morgan fingerprint density at radius 3 is 2.58 bits per heavy atom. The normalized spacial score (nSPS) is 26.4. The maximum atomic E-state index is 15.2. The summed E-state index contributed by atoms with van der Waals surface area (Å²) in [4.78, 5) is 37.6. The molecule has 0 spiro atoms. The van der Waals surface area contributed by atoms with Crippen molar-refractivity contribution in [1.82, 2.24) is 14.6 Å². The number of benzene rings is 1. The third-order valence-electron chi connectivity index (χ3n) is 4.92. The number of halogens is 2. The Morgan fingerprint density at radius 1 is 1.31 bits per heavy atom. The molecular weight excluding hydrogens is 524 g/mol. The van der Waals surface area contributed by atoms with Gasteiger partial charge in [0, 0.05) is 12.3 Å². The van der Waals surface area contributed by atoms with Crippen molar-refractivity contribution in [1.29, 1.82) is 0 Å². The van der Waals surface area contributed by atoms with E-state index < -0.39 is 67.3 Å². The number of carbonyl (C=O) groups is 1. The molecule has 1 saturated heterocycles. The largest absolute Gasteiger partial charge is 0.462 e. The number of rotatable bonds is 10. The van der Waals surface area contributed by atoms with Gasteiger partial charge < -0.3 is 19.1 Å². The summed E-state index contributed by atoms with van der Waals surface area (Å²) in [5, 5.41) is 9.86. The first kappa shape index (κ1) is 28.0. The van der Waals surface area contributed by atoms with E-state index >= 15 is 4.39 Å². The zero-order chi connectivity index (χ0) is 26.7. The summed E-state index contributed by atoms with van der Waals surface area (Å²) in [6.45, 7) is 3.93. The van der Waals surface area contributed by atoms with Crippen molar-refractivity contribution in [3.8, 4) is 5.75 Å². The van der Waals surface area contributed by atoms with Crippen LogP contribution >= 0.6 is 19.3 Å². The summed E-state index contributed by atoms with van der Waals surface area (Å²) in [7, 11) is -4.35. The fourth-order valence-electron chi connectivity index (χ4n) is 3.22. The van der Waals surface area contributed by atoms with Gasteiger partial charge in [0.05, 0.1) is 12.7 Å². The molecule has 2 unspecified atom stereocenters. The highest BCUT2D eigenvalue weighted by Crippen LogP contribution is 2.48. The SMILES string of the molecule is CC(C)OC(=O)[C@H](C)NP(=O)(OC[C@H]1O[C@@H](n2ccc(=O)[nH]c2=O)C(F)(Cl)[C@H]1O)Oc1ccccc1. The molecule has 0 saturated carbocycles. The summed E-state index contributed by atoms with van der Waals surface area (Å²) in [6, 6.07) is 7.68. The van der Waals surface area contributed by atoms with Gasteiger partial charge in [0.25, 0.3) is 10.7 Å². The highest BCUT2D eigenvalue weighted by Gasteiger charge is 2.58. The van der Waals surface area contributed by atoms with Crippen LogP contribution in [0, 0.1) is 0 Å². The van der Waals surface area contributed by atoms with Gasteiger partial charge in [0.15, 0.2) is 6.23 Å². The van der Waals surface area contributed by atoms with Gasteiger partial charge in [-0.15, -0.1) is 0 Å². The highest BCUT2D eigenvalue weighted by atomic mass is 35.5. The molecule has 0 radical (unpaired) electrons. The maximum Gasteiger partial charge on any atom is 0.459 e. The van der Waals surface area contributed by atoms with E-state index in [0.717, 1.165) is 12.3 Å². The molecule has 2 aromatic rings. The summed E-state index contributed by atoms with van der Waals surface area (Å²) in [5.74, 6) is -0.607. The number of nitrogens with zero attached hydrogens (tertiary/aromatic N) is 1. The predicted octanol–water partition coefficient (Wildman–Crippen LogP) is 1.83. The fraction of sp³-hybridized carbons (Fsp3) is 0.476. The second kappa shape index (κ2) is 11.2. The topological polar surface area (TPSA) is 158 Å². The number of aromatic nitrogens is 2. The quantitative estimate of drug-likeness (QED) is 0.227. The number of aliphatic hydroxyl groups excluding tert-OH is 1. The number of esters is 1. The van der Waals surface area contributed by atoms with E-state index in [0.29, 0.717) is 4.57 Å². The number of para-hydroxylation sites is 1. The van der Waals surface area contributed by atoms with Gasteiger partial charge in [0.2, 0.25) is 0 Å². The van der Waals surface area contributed by atoms with Crippen LogP contribution in [0.15, 0.2) is 52.2 Å². The Balaban J connectivity index is 1.80. The van der Waals surface area contributed by atoms with Crippen LogP contribution in [0.25, 0.3) is 0 Å². The molecule has 12 nitrogen and oxygen atoms in total. The van der Waals surface area contributed by atoms with E-state index in [4.69, 9.17) is 30.1 Å². The third-order valence-corrected chi connectivity index (χ3v) is 6.97. The molecule has 0 aliphatic carbocycles. The summed E-state index contributed by atoms with van der Waals surface area (Å²) < 4.78 is 50.8. The fourth-order valence-corrected chi connectivity index (χ4v) is 5.02. The second-order valence-electron chi connectivity index (χ2n) is 8.20. The number of H-pyrrole nitrogens is 1. The van der Waals surface area contributed by atoms with E-state index in [2.05, 4.69) is 5.09 Å². The molecule has 36 heavy (non-hydrogen) atoms. The van der Waals surface area contributed by atoms with E-state index in [1.54, 1.807) is 32.0 Å². The monoisotopic (exact) mass is 549 g/mol. The first-order valence-corrected chi connectivity index (χ1v) is 12.7. The van der Waals surface area contributed by atoms with E-state index in [1.165, 1.54) is 19.1 Å². The highest BCUT2D eigenvalue weighted by molar-refractivity contribution is 7.52. The van der Waals surface area contributed by atoms with Crippen molar-refractivity contribution in [3.63, 3.8) is 0 Å². The lowest BCUT2D eigenvalue weighted by molar-refractivity contribution is -0.149. The summed E-state index contributed by atoms with van der Waals surface area (Å²) in [5.41, 5.74) is -1.76. The molecule has 2 heterocycles. The molecule has 1 aromatic heterocycles. The van der Waals surface area contributed by atoms with Crippen molar-refractivity contribution >= 4 is 25.3 Å². The number of ether oxygens (including phenoxy) is 2. The third kappa shape index (κ3) is 6.61. The molecule has 3 rings (SSSR count). The Kier molecular flexibility index (Phi) is 8.75. The number of carbonyl (C=O) groups excluding carboxylic acids is 1. The maximum absolute atomic E-state index is 15.2. The zero-order valence-corrected chi connectivity index (χ0v) is 21.1. The molecule has 3 N–H and O–H groups in total. The lowest BCUT2D eigenvalue weighted by Gasteiger charge is -2.25. The Labute approximate surface area is 209 Å². The smallest absolute Gasteiger partial charge is 0.459 e. The Morgan fingerprint density at radius 2 is 1.97 bits per heavy atom. The van der Waals surface area contributed by atoms with Crippen molar-refractivity contribution in [2.45, 2.75) is 56.5 Å². The Bertz CT molecular complexity index is 1220. The lowest BCUT2D eigenvalue weighted by Crippen LogP contribution is -2.42. The first-order valence-electron chi connectivity index (χ1n) is 10.8. The van der Waals surface area contributed by atoms with Gasteiger partial charge in [-0.25, -0.2) is 13.8 Å². The van der Waals surface area contributed by atoms with Gasteiger partial charge >= 0.3 is 19.4 Å². The number of nitrogens with one attached hydrogen (secondary N) is 2. The average Bonchev–Trinajstić information content (AvgIpc) is 3.01. The molecular formula is C21H26ClFN3O9P. The van der Waals surface area contributed by atoms with Crippen LogP contribution in [-0.4, -0.2) is 56.7 Å². The first-order chi connectivity index (χ1) is 16.8. The molecule has 1 aromatic carbocycles. The molecule has 0 amide bonds. The van der Waals surface area contributed by atoms with Gasteiger partial charge in [0.1, 0.15) is 24.0 Å². The summed E-state index contributed by atoms with van der Waals surface area (Å²) in [6.07, 6.45) is -4.91. The van der Waals surface area contributed by atoms with Gasteiger partial charge in [-0.3, -0.25) is 23.7 Å². The van der Waals surface area contributed by atoms with Crippen LogP contribution in [0.4, 0.5) is 4.39 Å². The van der Waals surface area contributed by atoms with Crippen LogP contribution in [0.1, 0.15) is 27.0 Å². The lowest BCUT2D eigenvalue weighted by atomic mass is 10.1. The van der Waals surface area contributed by atoms with Crippen molar-refractivity contribution < 1.29 is 37.4 Å².